The normalized spacial score (nSPS) is 15.1. The number of rotatable bonds is 8. The number of para-hydroxylation sites is 1. The average Bonchev–Trinajstić information content (AvgIpc) is 2.86. The second-order valence-corrected chi connectivity index (χ2v) is 8.66. The predicted molar refractivity (Wildman–Crippen MR) is 129 cm³/mol. The summed E-state index contributed by atoms with van der Waals surface area (Å²) in [6, 6.07) is 23.1. The van der Waals surface area contributed by atoms with Crippen LogP contribution in [-0.2, 0) is 4.79 Å². The van der Waals surface area contributed by atoms with Gasteiger partial charge in [-0.1, -0.05) is 54.1 Å². The summed E-state index contributed by atoms with van der Waals surface area (Å²) in [6.07, 6.45) is 1.59. The number of halogens is 2. The number of carbonyl (C=O) groups is 1. The SMILES string of the molecule is O=C(C1CCNCC1)N(CCOc1ccccc1)C(c1ccc(F)cc1)c1ccc(Cl)cc1. The van der Waals surface area contributed by atoms with Crippen molar-refractivity contribution in [1.29, 1.82) is 0 Å². The number of nitrogens with zero attached hydrogens (tertiary/aromatic N) is 1. The highest BCUT2D eigenvalue weighted by atomic mass is 35.5. The van der Waals surface area contributed by atoms with Gasteiger partial charge in [-0.3, -0.25) is 4.79 Å². The van der Waals surface area contributed by atoms with E-state index in [1.54, 1.807) is 12.1 Å². The Labute approximate surface area is 199 Å². The second kappa shape index (κ2) is 11.3. The zero-order chi connectivity index (χ0) is 23.0. The lowest BCUT2D eigenvalue weighted by molar-refractivity contribution is -0.138. The van der Waals surface area contributed by atoms with Crippen molar-refractivity contribution in [2.45, 2.75) is 18.9 Å². The molecule has 1 aliphatic heterocycles. The number of amides is 1. The summed E-state index contributed by atoms with van der Waals surface area (Å²) in [5, 5.41) is 3.95. The number of nitrogens with one attached hydrogen (secondary N) is 1. The topological polar surface area (TPSA) is 41.6 Å². The van der Waals surface area contributed by atoms with E-state index in [-0.39, 0.29) is 23.7 Å². The van der Waals surface area contributed by atoms with Crippen molar-refractivity contribution in [1.82, 2.24) is 10.2 Å². The molecule has 3 aromatic rings. The zero-order valence-electron chi connectivity index (χ0n) is 18.4. The van der Waals surface area contributed by atoms with Gasteiger partial charge in [0.05, 0.1) is 12.6 Å². The molecule has 1 atom stereocenters. The minimum Gasteiger partial charge on any atom is -0.492 e. The molecule has 0 aliphatic carbocycles. The van der Waals surface area contributed by atoms with Gasteiger partial charge in [-0.05, 0) is 73.5 Å². The molecule has 1 unspecified atom stereocenters. The average molecular weight is 467 g/mol. The molecule has 6 heteroatoms. The molecule has 0 radical (unpaired) electrons. The van der Waals surface area contributed by atoms with Crippen molar-refractivity contribution in [2.24, 2.45) is 5.92 Å². The molecule has 0 spiro atoms. The third kappa shape index (κ3) is 6.12. The largest absolute Gasteiger partial charge is 0.492 e. The molecule has 1 heterocycles. The van der Waals surface area contributed by atoms with E-state index in [4.69, 9.17) is 16.3 Å². The molecule has 0 saturated carbocycles. The molecule has 1 saturated heterocycles. The Kier molecular flexibility index (Phi) is 7.97. The second-order valence-electron chi connectivity index (χ2n) is 8.22. The van der Waals surface area contributed by atoms with Gasteiger partial charge in [-0.15, -0.1) is 0 Å². The van der Waals surface area contributed by atoms with Crippen molar-refractivity contribution < 1.29 is 13.9 Å². The zero-order valence-corrected chi connectivity index (χ0v) is 19.2. The smallest absolute Gasteiger partial charge is 0.226 e. The number of hydrogen-bond donors (Lipinski definition) is 1. The lowest BCUT2D eigenvalue weighted by Crippen LogP contribution is -2.44. The summed E-state index contributed by atoms with van der Waals surface area (Å²) >= 11 is 6.14. The van der Waals surface area contributed by atoms with E-state index >= 15 is 0 Å². The maximum atomic E-state index is 13.8. The maximum Gasteiger partial charge on any atom is 0.226 e. The minimum atomic E-state index is -0.371. The van der Waals surface area contributed by atoms with Crippen molar-refractivity contribution in [3.05, 3.63) is 101 Å². The molecule has 0 aromatic heterocycles. The Hall–Kier alpha value is -2.89. The molecule has 4 nitrogen and oxygen atoms in total. The number of piperidine rings is 1. The Morgan fingerprint density at radius 3 is 2.21 bits per heavy atom. The third-order valence-corrected chi connectivity index (χ3v) is 6.25. The highest BCUT2D eigenvalue weighted by molar-refractivity contribution is 6.30. The molecule has 1 aliphatic rings. The Balaban J connectivity index is 1.66. The van der Waals surface area contributed by atoms with Crippen LogP contribution in [0.5, 0.6) is 5.75 Å². The first-order chi connectivity index (χ1) is 16.1. The number of benzene rings is 3. The Morgan fingerprint density at radius 1 is 0.970 bits per heavy atom. The van der Waals surface area contributed by atoms with E-state index in [0.717, 1.165) is 42.8 Å². The van der Waals surface area contributed by atoms with E-state index < -0.39 is 0 Å². The van der Waals surface area contributed by atoms with Crippen LogP contribution in [0.3, 0.4) is 0 Å². The summed E-state index contributed by atoms with van der Waals surface area (Å²) in [5.74, 6) is 0.490. The van der Waals surface area contributed by atoms with Gasteiger partial charge in [0, 0.05) is 10.9 Å². The lowest BCUT2D eigenvalue weighted by Gasteiger charge is -2.36. The van der Waals surface area contributed by atoms with Crippen LogP contribution in [0, 0.1) is 11.7 Å². The van der Waals surface area contributed by atoms with Gasteiger partial charge in [-0.25, -0.2) is 4.39 Å². The fourth-order valence-electron chi connectivity index (χ4n) is 4.29. The minimum absolute atomic E-state index is 0.0572. The number of hydrogen-bond acceptors (Lipinski definition) is 3. The lowest BCUT2D eigenvalue weighted by atomic mass is 9.92. The monoisotopic (exact) mass is 466 g/mol. The van der Waals surface area contributed by atoms with E-state index in [2.05, 4.69) is 5.32 Å². The molecular weight excluding hydrogens is 439 g/mol. The molecule has 1 fully saturated rings. The van der Waals surface area contributed by atoms with Crippen LogP contribution in [0.1, 0.15) is 30.0 Å². The molecule has 0 bridgehead atoms. The number of carbonyl (C=O) groups excluding carboxylic acids is 1. The summed E-state index contributed by atoms with van der Waals surface area (Å²) in [4.78, 5) is 15.7. The van der Waals surface area contributed by atoms with Crippen molar-refractivity contribution in [3.63, 3.8) is 0 Å². The van der Waals surface area contributed by atoms with Crippen LogP contribution < -0.4 is 10.1 Å². The van der Waals surface area contributed by atoms with E-state index in [9.17, 15) is 9.18 Å². The van der Waals surface area contributed by atoms with Gasteiger partial charge in [0.25, 0.3) is 0 Å². The van der Waals surface area contributed by atoms with E-state index in [0.29, 0.717) is 18.2 Å². The summed E-state index contributed by atoms with van der Waals surface area (Å²) in [6.45, 7) is 2.41. The molecule has 4 rings (SSSR count). The molecule has 33 heavy (non-hydrogen) atoms. The van der Waals surface area contributed by atoms with Crippen LogP contribution in [-0.4, -0.2) is 37.0 Å². The fraction of sp³-hybridized carbons (Fsp3) is 0.296. The van der Waals surface area contributed by atoms with Gasteiger partial charge in [0.15, 0.2) is 0 Å². The fourth-order valence-corrected chi connectivity index (χ4v) is 4.42. The molecular formula is C27H28ClFN2O2. The standard InChI is InChI=1S/C27H28ClFN2O2/c28-23-10-6-20(7-11-23)26(21-8-12-24(29)13-9-21)31(27(32)22-14-16-30-17-15-22)18-19-33-25-4-2-1-3-5-25/h1-13,22,26,30H,14-19H2. The summed E-state index contributed by atoms with van der Waals surface area (Å²) < 4.78 is 19.7. The quantitative estimate of drug-likeness (QED) is 0.478. The van der Waals surface area contributed by atoms with Crippen LogP contribution >= 0.6 is 11.6 Å². The molecule has 1 N–H and O–H groups in total. The van der Waals surface area contributed by atoms with Gasteiger partial charge in [0.2, 0.25) is 5.91 Å². The first-order valence-electron chi connectivity index (χ1n) is 11.3. The highest BCUT2D eigenvalue weighted by Gasteiger charge is 2.32. The van der Waals surface area contributed by atoms with Gasteiger partial charge < -0.3 is 15.0 Å². The van der Waals surface area contributed by atoms with Crippen molar-refractivity contribution >= 4 is 17.5 Å². The Bertz CT molecular complexity index is 977. The molecule has 3 aromatic carbocycles. The first-order valence-corrected chi connectivity index (χ1v) is 11.7. The first kappa shape index (κ1) is 23.3. The molecule has 1 amide bonds. The van der Waals surface area contributed by atoms with Crippen molar-refractivity contribution in [2.75, 3.05) is 26.2 Å². The number of ether oxygens (including phenoxy) is 1. The van der Waals surface area contributed by atoms with Gasteiger partial charge >= 0.3 is 0 Å². The third-order valence-electron chi connectivity index (χ3n) is 6.00. The molecule has 172 valence electrons. The van der Waals surface area contributed by atoms with Gasteiger partial charge in [0.1, 0.15) is 18.2 Å². The van der Waals surface area contributed by atoms with Crippen LogP contribution in [0.2, 0.25) is 5.02 Å². The predicted octanol–water partition coefficient (Wildman–Crippen LogP) is 5.48. The van der Waals surface area contributed by atoms with Crippen LogP contribution in [0.15, 0.2) is 78.9 Å². The highest BCUT2D eigenvalue weighted by Crippen LogP contribution is 2.32. The van der Waals surface area contributed by atoms with E-state index in [1.165, 1.54) is 12.1 Å². The maximum absolute atomic E-state index is 13.8. The Morgan fingerprint density at radius 2 is 1.58 bits per heavy atom. The van der Waals surface area contributed by atoms with Crippen LogP contribution in [0.25, 0.3) is 0 Å². The van der Waals surface area contributed by atoms with E-state index in [1.807, 2.05) is 59.5 Å². The van der Waals surface area contributed by atoms with Crippen molar-refractivity contribution in [3.8, 4) is 5.75 Å². The summed E-state index contributed by atoms with van der Waals surface area (Å²) in [5.41, 5.74) is 1.77. The summed E-state index contributed by atoms with van der Waals surface area (Å²) in [7, 11) is 0. The van der Waals surface area contributed by atoms with Crippen LogP contribution in [0.4, 0.5) is 4.39 Å². The van der Waals surface area contributed by atoms with Gasteiger partial charge in [-0.2, -0.15) is 0 Å².